The van der Waals surface area contributed by atoms with E-state index in [0.29, 0.717) is 0 Å². The summed E-state index contributed by atoms with van der Waals surface area (Å²) in [6.45, 7) is 10.3. The SMILES string of the molecule is CCn1cncc1CN1CCC(C2CCN(Cc3ccc(Cl)cc3)C2)CC1. The number of aromatic nitrogens is 2. The summed E-state index contributed by atoms with van der Waals surface area (Å²) < 4.78 is 2.26. The summed E-state index contributed by atoms with van der Waals surface area (Å²) in [6.07, 6.45) is 8.04. The van der Waals surface area contributed by atoms with Crippen molar-refractivity contribution in [2.75, 3.05) is 26.2 Å². The zero-order chi connectivity index (χ0) is 18.6. The molecule has 2 aliphatic heterocycles. The van der Waals surface area contributed by atoms with E-state index in [1.165, 1.54) is 56.7 Å². The van der Waals surface area contributed by atoms with Gasteiger partial charge in [-0.15, -0.1) is 0 Å². The largest absolute Gasteiger partial charge is 0.334 e. The second-order valence-corrected chi connectivity index (χ2v) is 8.63. The molecule has 0 amide bonds. The Kier molecular flexibility index (Phi) is 6.16. The number of imidazole rings is 1. The topological polar surface area (TPSA) is 24.3 Å². The molecule has 0 spiro atoms. The summed E-state index contributed by atoms with van der Waals surface area (Å²) >= 11 is 6.00. The lowest BCUT2D eigenvalue weighted by Gasteiger charge is -2.35. The van der Waals surface area contributed by atoms with Gasteiger partial charge >= 0.3 is 0 Å². The molecule has 0 N–H and O–H groups in total. The minimum absolute atomic E-state index is 0.826. The first kappa shape index (κ1) is 19.0. The number of halogens is 1. The fraction of sp³-hybridized carbons (Fsp3) is 0.591. The summed E-state index contributed by atoms with van der Waals surface area (Å²) in [5, 5.41) is 0.826. The van der Waals surface area contributed by atoms with Crippen molar-refractivity contribution >= 4 is 11.6 Å². The Morgan fingerprint density at radius 3 is 2.41 bits per heavy atom. The van der Waals surface area contributed by atoms with Gasteiger partial charge in [-0.3, -0.25) is 9.80 Å². The Balaban J connectivity index is 1.23. The third-order valence-corrected chi connectivity index (χ3v) is 6.70. The summed E-state index contributed by atoms with van der Waals surface area (Å²) in [5.74, 6) is 1.77. The smallest absolute Gasteiger partial charge is 0.0948 e. The van der Waals surface area contributed by atoms with E-state index in [4.69, 9.17) is 11.6 Å². The van der Waals surface area contributed by atoms with Gasteiger partial charge in [-0.1, -0.05) is 23.7 Å². The van der Waals surface area contributed by atoms with Crippen molar-refractivity contribution in [3.8, 4) is 0 Å². The van der Waals surface area contributed by atoms with Gasteiger partial charge in [0, 0.05) is 37.4 Å². The van der Waals surface area contributed by atoms with Crippen LogP contribution in [0.25, 0.3) is 0 Å². The lowest BCUT2D eigenvalue weighted by molar-refractivity contribution is 0.139. The Bertz CT molecular complexity index is 718. The number of piperidine rings is 1. The van der Waals surface area contributed by atoms with E-state index in [1.807, 2.05) is 24.7 Å². The van der Waals surface area contributed by atoms with E-state index in [1.54, 1.807) is 0 Å². The fourth-order valence-electron chi connectivity index (χ4n) is 4.82. The van der Waals surface area contributed by atoms with Crippen molar-refractivity contribution in [1.82, 2.24) is 19.4 Å². The van der Waals surface area contributed by atoms with E-state index in [2.05, 4.69) is 38.4 Å². The average molecular weight is 387 g/mol. The maximum atomic E-state index is 6.00. The monoisotopic (exact) mass is 386 g/mol. The number of hydrogen-bond acceptors (Lipinski definition) is 3. The minimum atomic E-state index is 0.826. The molecule has 0 bridgehead atoms. The van der Waals surface area contributed by atoms with E-state index in [-0.39, 0.29) is 0 Å². The highest BCUT2D eigenvalue weighted by molar-refractivity contribution is 6.30. The molecule has 5 heteroatoms. The van der Waals surface area contributed by atoms with Gasteiger partial charge in [0.05, 0.1) is 12.0 Å². The van der Waals surface area contributed by atoms with Gasteiger partial charge in [-0.25, -0.2) is 4.98 Å². The molecular formula is C22H31ClN4. The second kappa shape index (κ2) is 8.76. The zero-order valence-electron chi connectivity index (χ0n) is 16.4. The second-order valence-electron chi connectivity index (χ2n) is 8.19. The maximum absolute atomic E-state index is 6.00. The van der Waals surface area contributed by atoms with Gasteiger partial charge in [0.1, 0.15) is 0 Å². The van der Waals surface area contributed by atoms with Crippen molar-refractivity contribution in [2.24, 2.45) is 11.8 Å². The molecule has 2 aromatic rings. The van der Waals surface area contributed by atoms with Crippen LogP contribution in [-0.4, -0.2) is 45.5 Å². The first-order chi connectivity index (χ1) is 13.2. The molecule has 1 atom stereocenters. The maximum Gasteiger partial charge on any atom is 0.0948 e. The predicted molar refractivity (Wildman–Crippen MR) is 111 cm³/mol. The van der Waals surface area contributed by atoms with Gasteiger partial charge < -0.3 is 4.57 Å². The molecule has 0 saturated carbocycles. The number of hydrogen-bond donors (Lipinski definition) is 0. The van der Waals surface area contributed by atoms with Crippen molar-refractivity contribution in [3.63, 3.8) is 0 Å². The first-order valence-electron chi connectivity index (χ1n) is 10.4. The normalized spacial score (nSPS) is 22.5. The molecule has 2 aliphatic rings. The summed E-state index contributed by atoms with van der Waals surface area (Å²) in [5.41, 5.74) is 2.73. The lowest BCUT2D eigenvalue weighted by Crippen LogP contribution is -2.36. The molecule has 146 valence electrons. The van der Waals surface area contributed by atoms with Crippen molar-refractivity contribution < 1.29 is 0 Å². The Hall–Kier alpha value is -1.36. The van der Waals surface area contributed by atoms with Crippen LogP contribution in [0.2, 0.25) is 5.02 Å². The highest BCUT2D eigenvalue weighted by Crippen LogP contribution is 2.33. The van der Waals surface area contributed by atoms with E-state index < -0.39 is 0 Å². The van der Waals surface area contributed by atoms with Crippen LogP contribution in [-0.2, 0) is 19.6 Å². The van der Waals surface area contributed by atoms with Crippen LogP contribution in [0.4, 0.5) is 0 Å². The molecule has 1 unspecified atom stereocenters. The van der Waals surface area contributed by atoms with Crippen molar-refractivity contribution in [2.45, 2.75) is 45.8 Å². The number of aryl methyl sites for hydroxylation is 1. The minimum Gasteiger partial charge on any atom is -0.334 e. The summed E-state index contributed by atoms with van der Waals surface area (Å²) in [7, 11) is 0. The Labute approximate surface area is 168 Å². The van der Waals surface area contributed by atoms with Crippen LogP contribution in [0.15, 0.2) is 36.8 Å². The molecule has 0 radical (unpaired) electrons. The third-order valence-electron chi connectivity index (χ3n) is 6.45. The van der Waals surface area contributed by atoms with E-state index in [9.17, 15) is 0 Å². The van der Waals surface area contributed by atoms with Crippen molar-refractivity contribution in [1.29, 1.82) is 0 Å². The number of likely N-dealkylation sites (tertiary alicyclic amines) is 2. The predicted octanol–water partition coefficient (Wildman–Crippen LogP) is 4.29. The molecule has 2 fully saturated rings. The van der Waals surface area contributed by atoms with Gasteiger partial charge in [-0.2, -0.15) is 0 Å². The van der Waals surface area contributed by atoms with Gasteiger partial charge in [0.2, 0.25) is 0 Å². The molecule has 27 heavy (non-hydrogen) atoms. The zero-order valence-corrected chi connectivity index (χ0v) is 17.1. The highest BCUT2D eigenvalue weighted by atomic mass is 35.5. The number of rotatable bonds is 6. The average Bonchev–Trinajstić information content (AvgIpc) is 3.33. The summed E-state index contributed by atoms with van der Waals surface area (Å²) in [4.78, 5) is 9.54. The quantitative estimate of drug-likeness (QED) is 0.740. The van der Waals surface area contributed by atoms with Crippen LogP contribution < -0.4 is 0 Å². The number of nitrogens with zero attached hydrogens (tertiary/aromatic N) is 4. The molecule has 0 aliphatic carbocycles. The van der Waals surface area contributed by atoms with Gasteiger partial charge in [0.25, 0.3) is 0 Å². The third kappa shape index (κ3) is 4.74. The standard InChI is InChI=1S/C22H31ClN4/c1-2-27-17-24-13-22(27)16-25-10-7-19(8-11-25)20-9-12-26(15-20)14-18-3-5-21(23)6-4-18/h3-6,13,17,19-20H,2,7-12,14-16H2,1H3. The molecule has 4 rings (SSSR count). The molecular weight excluding hydrogens is 356 g/mol. The molecule has 3 heterocycles. The molecule has 1 aromatic carbocycles. The fourth-order valence-corrected chi connectivity index (χ4v) is 4.94. The van der Waals surface area contributed by atoms with E-state index >= 15 is 0 Å². The van der Waals surface area contributed by atoms with Crippen LogP contribution >= 0.6 is 11.6 Å². The van der Waals surface area contributed by atoms with Crippen molar-refractivity contribution in [3.05, 3.63) is 53.1 Å². The first-order valence-corrected chi connectivity index (χ1v) is 10.8. The highest BCUT2D eigenvalue weighted by Gasteiger charge is 2.31. The summed E-state index contributed by atoms with van der Waals surface area (Å²) in [6, 6.07) is 8.33. The Morgan fingerprint density at radius 1 is 0.963 bits per heavy atom. The van der Waals surface area contributed by atoms with Crippen LogP contribution in [0.1, 0.15) is 37.4 Å². The Morgan fingerprint density at radius 2 is 1.67 bits per heavy atom. The van der Waals surface area contributed by atoms with Crippen LogP contribution in [0.3, 0.4) is 0 Å². The van der Waals surface area contributed by atoms with Gasteiger partial charge in [0.15, 0.2) is 0 Å². The van der Waals surface area contributed by atoms with Crippen LogP contribution in [0.5, 0.6) is 0 Å². The molecule has 1 aromatic heterocycles. The van der Waals surface area contributed by atoms with E-state index in [0.717, 1.165) is 36.5 Å². The number of benzene rings is 1. The lowest BCUT2D eigenvalue weighted by atomic mass is 9.84. The van der Waals surface area contributed by atoms with Gasteiger partial charge in [-0.05, 0) is 75.4 Å². The molecule has 4 nitrogen and oxygen atoms in total. The molecule has 2 saturated heterocycles. The van der Waals surface area contributed by atoms with Crippen LogP contribution in [0, 0.1) is 11.8 Å².